The predicted molar refractivity (Wildman–Crippen MR) is 137 cm³/mol. The van der Waals surface area contributed by atoms with Crippen molar-refractivity contribution >= 4 is 25.4 Å². The van der Waals surface area contributed by atoms with E-state index >= 15 is 0 Å². The first-order chi connectivity index (χ1) is 13.5. The lowest BCUT2D eigenvalue weighted by Crippen LogP contribution is -2.53. The van der Waals surface area contributed by atoms with E-state index in [-0.39, 0.29) is 0 Å². The van der Waals surface area contributed by atoms with E-state index < -0.39 is 25.4 Å². The Morgan fingerprint density at radius 1 is 0.517 bits per heavy atom. The second kappa shape index (κ2) is 16.2. The number of hydrogen-bond donors (Lipinski definition) is 0. The van der Waals surface area contributed by atoms with Gasteiger partial charge in [0.25, 0.3) is 0 Å². The van der Waals surface area contributed by atoms with Gasteiger partial charge in [-0.05, 0) is 45.3 Å². The van der Waals surface area contributed by atoms with E-state index in [1.54, 1.807) is 0 Å². The fraction of sp³-hybridized carbons (Fsp3) is 1.00. The maximum Gasteiger partial charge on any atom is 0.325 e. The molecule has 6 heteroatoms. The van der Waals surface area contributed by atoms with E-state index in [1.165, 1.54) is 89.9 Å². The van der Waals surface area contributed by atoms with Gasteiger partial charge in [0.15, 0.2) is 8.32 Å². The standard InChI is InChI=1S/C23H54O3Si3/c1-9-10-11-12-13-14-15-16-17-18-19-20-21-22-23-29(8,24-2)26-28(6,7)25-27(3,4)5/h9-23H2,1-8H3. The molecule has 176 valence electrons. The van der Waals surface area contributed by atoms with Gasteiger partial charge < -0.3 is 12.7 Å². The summed E-state index contributed by atoms with van der Waals surface area (Å²) in [4.78, 5) is 0. The molecule has 0 aromatic rings. The molecule has 0 aliphatic rings. The van der Waals surface area contributed by atoms with Crippen LogP contribution in [-0.4, -0.2) is 32.5 Å². The molecule has 0 fully saturated rings. The Hall–Kier alpha value is 0.531. The molecule has 0 spiro atoms. The molecular formula is C23H54O3Si3. The minimum atomic E-state index is -2.10. The van der Waals surface area contributed by atoms with Crippen LogP contribution >= 0.6 is 0 Å². The first kappa shape index (κ1) is 29.5. The highest BCUT2D eigenvalue weighted by Crippen LogP contribution is 2.25. The van der Waals surface area contributed by atoms with Gasteiger partial charge in [-0.2, -0.15) is 0 Å². The van der Waals surface area contributed by atoms with Crippen molar-refractivity contribution in [1.82, 2.24) is 0 Å². The lowest BCUT2D eigenvalue weighted by molar-refractivity contribution is 0.271. The second-order valence-corrected chi connectivity index (χ2v) is 22.2. The highest BCUT2D eigenvalue weighted by Gasteiger charge is 2.41. The van der Waals surface area contributed by atoms with Crippen LogP contribution in [0.1, 0.15) is 96.8 Å². The Labute approximate surface area is 187 Å². The van der Waals surface area contributed by atoms with Crippen molar-refractivity contribution in [3.05, 3.63) is 0 Å². The summed E-state index contributed by atoms with van der Waals surface area (Å²) >= 11 is 0. The van der Waals surface area contributed by atoms with Crippen LogP contribution in [0.25, 0.3) is 0 Å². The Balaban J connectivity index is 3.74. The zero-order chi connectivity index (χ0) is 22.2. The van der Waals surface area contributed by atoms with Crippen molar-refractivity contribution in [3.63, 3.8) is 0 Å². The molecule has 0 saturated carbocycles. The van der Waals surface area contributed by atoms with Gasteiger partial charge >= 0.3 is 17.1 Å². The number of rotatable bonds is 20. The van der Waals surface area contributed by atoms with Crippen molar-refractivity contribution in [2.24, 2.45) is 0 Å². The third-order valence-corrected chi connectivity index (χ3v) is 15.7. The van der Waals surface area contributed by atoms with E-state index in [2.05, 4.69) is 46.2 Å². The lowest BCUT2D eigenvalue weighted by Gasteiger charge is -2.37. The fourth-order valence-corrected chi connectivity index (χ4v) is 16.6. The molecule has 0 aliphatic carbocycles. The van der Waals surface area contributed by atoms with E-state index in [4.69, 9.17) is 12.7 Å². The monoisotopic (exact) mass is 462 g/mol. The molecular weight excluding hydrogens is 409 g/mol. The van der Waals surface area contributed by atoms with Crippen molar-refractivity contribution < 1.29 is 12.7 Å². The zero-order valence-electron chi connectivity index (χ0n) is 21.3. The minimum absolute atomic E-state index is 1.09. The molecule has 0 rings (SSSR count). The summed E-state index contributed by atoms with van der Waals surface area (Å²) in [5.41, 5.74) is 0. The molecule has 0 aliphatic heterocycles. The van der Waals surface area contributed by atoms with Crippen LogP contribution in [0, 0.1) is 0 Å². The Bertz CT molecular complexity index is 386. The van der Waals surface area contributed by atoms with E-state index in [9.17, 15) is 0 Å². The molecule has 0 saturated heterocycles. The van der Waals surface area contributed by atoms with Crippen LogP contribution in [0.15, 0.2) is 0 Å². The molecule has 0 aromatic heterocycles. The molecule has 0 aromatic carbocycles. The van der Waals surface area contributed by atoms with Crippen LogP contribution in [0.2, 0.25) is 45.3 Å². The average Bonchev–Trinajstić information content (AvgIpc) is 2.59. The van der Waals surface area contributed by atoms with Crippen LogP contribution in [0.5, 0.6) is 0 Å². The maximum atomic E-state index is 6.53. The van der Waals surface area contributed by atoms with Crippen LogP contribution in [-0.2, 0) is 12.7 Å². The lowest BCUT2D eigenvalue weighted by atomic mass is 10.0. The highest BCUT2D eigenvalue weighted by molar-refractivity contribution is 6.86. The number of unbranched alkanes of at least 4 members (excludes halogenated alkanes) is 13. The first-order valence-corrected chi connectivity index (χ1v) is 21.2. The quantitative estimate of drug-likeness (QED) is 0.134. The first-order valence-electron chi connectivity index (χ1n) is 12.5. The van der Waals surface area contributed by atoms with Crippen molar-refractivity contribution in [3.8, 4) is 0 Å². The normalized spacial score (nSPS) is 14.9. The molecule has 0 heterocycles. The summed E-state index contributed by atoms with van der Waals surface area (Å²) in [5.74, 6) is 0. The van der Waals surface area contributed by atoms with Gasteiger partial charge in [0.05, 0.1) is 0 Å². The Kier molecular flexibility index (Phi) is 16.5. The van der Waals surface area contributed by atoms with E-state index in [0.717, 1.165) is 6.04 Å². The smallest absolute Gasteiger partial charge is 0.325 e. The summed E-state index contributed by atoms with van der Waals surface area (Å²) < 4.78 is 18.8. The summed E-state index contributed by atoms with van der Waals surface area (Å²) in [6.45, 7) is 15.6. The molecule has 0 amide bonds. The largest absolute Gasteiger partial charge is 0.437 e. The summed E-state index contributed by atoms with van der Waals surface area (Å²) in [6, 6.07) is 1.09. The maximum absolute atomic E-state index is 6.53. The molecule has 0 N–H and O–H groups in total. The Morgan fingerprint density at radius 3 is 1.24 bits per heavy atom. The van der Waals surface area contributed by atoms with Gasteiger partial charge in [0.2, 0.25) is 0 Å². The van der Waals surface area contributed by atoms with Crippen molar-refractivity contribution in [2.75, 3.05) is 7.11 Å². The molecule has 0 radical (unpaired) electrons. The molecule has 1 atom stereocenters. The number of hydrogen-bond acceptors (Lipinski definition) is 3. The second-order valence-electron chi connectivity index (χ2n) is 10.4. The average molecular weight is 463 g/mol. The van der Waals surface area contributed by atoms with Crippen LogP contribution in [0.3, 0.4) is 0 Å². The van der Waals surface area contributed by atoms with Gasteiger partial charge in [-0.15, -0.1) is 0 Å². The van der Waals surface area contributed by atoms with Crippen LogP contribution in [0.4, 0.5) is 0 Å². The van der Waals surface area contributed by atoms with Gasteiger partial charge in [-0.1, -0.05) is 96.8 Å². The SMILES string of the molecule is CCCCCCCCCCCCCCCC[Si](C)(OC)O[Si](C)(C)O[Si](C)(C)C. The third kappa shape index (κ3) is 19.0. The Morgan fingerprint density at radius 2 is 0.897 bits per heavy atom. The predicted octanol–water partition coefficient (Wildman–Crippen LogP) is 8.76. The topological polar surface area (TPSA) is 27.7 Å². The van der Waals surface area contributed by atoms with Gasteiger partial charge in [0, 0.05) is 7.11 Å². The van der Waals surface area contributed by atoms with E-state index in [0.29, 0.717) is 0 Å². The minimum Gasteiger partial charge on any atom is -0.437 e. The molecule has 0 bridgehead atoms. The van der Waals surface area contributed by atoms with Gasteiger partial charge in [0.1, 0.15) is 0 Å². The summed E-state index contributed by atoms with van der Waals surface area (Å²) in [7, 11) is -3.95. The van der Waals surface area contributed by atoms with Gasteiger partial charge in [-0.25, -0.2) is 0 Å². The molecule has 1 unspecified atom stereocenters. The van der Waals surface area contributed by atoms with Crippen molar-refractivity contribution in [2.45, 2.75) is 142 Å². The third-order valence-electron chi connectivity index (χ3n) is 5.43. The molecule has 3 nitrogen and oxygen atoms in total. The highest BCUT2D eigenvalue weighted by atomic mass is 28.5. The fourth-order valence-electron chi connectivity index (χ4n) is 4.11. The van der Waals surface area contributed by atoms with E-state index in [1.807, 2.05) is 7.11 Å². The summed E-state index contributed by atoms with van der Waals surface area (Å²) in [6.07, 6.45) is 19.6. The zero-order valence-corrected chi connectivity index (χ0v) is 24.3. The van der Waals surface area contributed by atoms with Crippen molar-refractivity contribution in [1.29, 1.82) is 0 Å². The summed E-state index contributed by atoms with van der Waals surface area (Å²) in [5, 5.41) is 0. The van der Waals surface area contributed by atoms with Gasteiger partial charge in [-0.3, -0.25) is 0 Å². The van der Waals surface area contributed by atoms with Crippen LogP contribution < -0.4 is 0 Å². The molecule has 29 heavy (non-hydrogen) atoms.